The number of nitrogens with zero attached hydrogens (tertiary/aromatic N) is 3. The van der Waals surface area contributed by atoms with Gasteiger partial charge in [-0.05, 0) is 46.3 Å². The Bertz CT molecular complexity index is 893. The summed E-state index contributed by atoms with van der Waals surface area (Å²) in [4.78, 5) is 18.6. The largest absolute Gasteiger partial charge is 0.487 e. The number of aromatic nitrogens is 1. The van der Waals surface area contributed by atoms with Crippen LogP contribution in [0.1, 0.15) is 10.4 Å². The highest BCUT2D eigenvalue weighted by molar-refractivity contribution is 9.10. The first kappa shape index (κ1) is 19.3. The number of nitriles is 1. The smallest absolute Gasteiger partial charge is 0.420 e. The van der Waals surface area contributed by atoms with Crippen LogP contribution in [0.3, 0.4) is 0 Å². The van der Waals surface area contributed by atoms with Gasteiger partial charge in [0.15, 0.2) is 0 Å². The van der Waals surface area contributed by atoms with E-state index in [2.05, 4.69) is 37.0 Å². The van der Waals surface area contributed by atoms with Crippen LogP contribution in [0.15, 0.2) is 41.0 Å². The van der Waals surface area contributed by atoms with Gasteiger partial charge >= 0.3 is 5.57 Å². The molecule has 1 aliphatic heterocycles. The lowest BCUT2D eigenvalue weighted by molar-refractivity contribution is -0.0964. The van der Waals surface area contributed by atoms with Crippen molar-refractivity contribution in [3.63, 3.8) is 0 Å². The minimum absolute atomic E-state index is 0.00706. The molecule has 0 aliphatic carbocycles. The molecule has 1 saturated heterocycles. The van der Waals surface area contributed by atoms with Gasteiger partial charge in [0.25, 0.3) is 5.91 Å². The van der Waals surface area contributed by atoms with E-state index in [4.69, 9.17) is 16.9 Å². The van der Waals surface area contributed by atoms with Crippen LogP contribution in [0.5, 0.6) is 5.75 Å². The van der Waals surface area contributed by atoms with Gasteiger partial charge in [-0.3, -0.25) is 4.79 Å². The summed E-state index contributed by atoms with van der Waals surface area (Å²) < 4.78 is 30.0. The standard InChI is InChI=1S/C17H12BrClF2N4O2/c18-14-5-11(7-23-15(14)25-8-10(6-22)9-25)16(26)24-12-1-3-13(4-2-12)27-17(19,20)21/h1-5,7,10H,8-9H2,(H,24,26). The normalized spacial score (nSPS) is 14.3. The van der Waals surface area contributed by atoms with Crippen molar-refractivity contribution in [2.75, 3.05) is 23.3 Å². The third kappa shape index (κ3) is 4.84. The Morgan fingerprint density at radius 3 is 2.63 bits per heavy atom. The summed E-state index contributed by atoms with van der Waals surface area (Å²) in [5.74, 6) is 0.116. The third-order valence-electron chi connectivity index (χ3n) is 3.79. The summed E-state index contributed by atoms with van der Waals surface area (Å²) in [7, 11) is 0. The third-order valence-corrected chi connectivity index (χ3v) is 4.45. The number of amides is 1. The molecule has 1 aromatic carbocycles. The molecule has 0 saturated carbocycles. The maximum absolute atomic E-state index is 12.6. The number of rotatable bonds is 5. The molecule has 0 unspecified atom stereocenters. The highest BCUT2D eigenvalue weighted by Crippen LogP contribution is 2.30. The van der Waals surface area contributed by atoms with Crippen molar-refractivity contribution in [2.45, 2.75) is 5.57 Å². The lowest BCUT2D eigenvalue weighted by Gasteiger charge is -2.36. The van der Waals surface area contributed by atoms with Crippen LogP contribution < -0.4 is 15.0 Å². The van der Waals surface area contributed by atoms with E-state index in [0.29, 0.717) is 34.6 Å². The number of anilines is 2. The zero-order chi connectivity index (χ0) is 19.6. The van der Waals surface area contributed by atoms with E-state index in [1.807, 2.05) is 4.90 Å². The van der Waals surface area contributed by atoms with Crippen LogP contribution in [-0.2, 0) is 0 Å². The predicted molar refractivity (Wildman–Crippen MR) is 99.1 cm³/mol. The van der Waals surface area contributed by atoms with E-state index in [0.717, 1.165) is 0 Å². The number of carbonyl (C=O) groups is 1. The number of benzene rings is 1. The predicted octanol–water partition coefficient (Wildman–Crippen LogP) is 4.22. The fraction of sp³-hybridized carbons (Fsp3) is 0.235. The first-order valence-electron chi connectivity index (χ1n) is 7.72. The lowest BCUT2D eigenvalue weighted by atomic mass is 10.0. The molecular weight excluding hydrogens is 446 g/mol. The van der Waals surface area contributed by atoms with E-state index in [-0.39, 0.29) is 11.7 Å². The molecule has 1 fully saturated rings. The fourth-order valence-corrected chi connectivity index (χ4v) is 3.15. The van der Waals surface area contributed by atoms with Gasteiger partial charge in [0.2, 0.25) is 0 Å². The fourth-order valence-electron chi connectivity index (χ4n) is 2.46. The van der Waals surface area contributed by atoms with E-state index < -0.39 is 11.5 Å². The number of pyridine rings is 1. The second-order valence-corrected chi connectivity index (χ2v) is 7.08. The summed E-state index contributed by atoms with van der Waals surface area (Å²) in [6.45, 7) is 1.20. The SMILES string of the molecule is N#CC1CN(c2ncc(C(=O)Nc3ccc(OC(F)(F)Cl)cc3)cc2Br)C1. The Kier molecular flexibility index (Phi) is 5.48. The van der Waals surface area contributed by atoms with Crippen molar-refractivity contribution in [1.29, 1.82) is 5.26 Å². The number of alkyl halides is 3. The second-order valence-electron chi connectivity index (χ2n) is 5.79. The summed E-state index contributed by atoms with van der Waals surface area (Å²) in [5, 5.41) is 11.5. The van der Waals surface area contributed by atoms with E-state index >= 15 is 0 Å². The minimum atomic E-state index is -3.80. The van der Waals surface area contributed by atoms with Crippen molar-refractivity contribution < 1.29 is 18.3 Å². The Hall–Kier alpha value is -2.44. The number of ether oxygens (including phenoxy) is 1. The van der Waals surface area contributed by atoms with Gasteiger partial charge in [-0.25, -0.2) is 4.98 Å². The van der Waals surface area contributed by atoms with Crippen LogP contribution in [0, 0.1) is 17.2 Å². The molecule has 0 bridgehead atoms. The van der Waals surface area contributed by atoms with Crippen LogP contribution >= 0.6 is 27.5 Å². The topological polar surface area (TPSA) is 78.2 Å². The van der Waals surface area contributed by atoms with E-state index in [1.54, 1.807) is 6.07 Å². The maximum atomic E-state index is 12.6. The number of hydrogen-bond donors (Lipinski definition) is 1. The first-order valence-corrected chi connectivity index (χ1v) is 8.89. The average Bonchev–Trinajstić information content (AvgIpc) is 2.55. The van der Waals surface area contributed by atoms with E-state index in [9.17, 15) is 13.6 Å². The van der Waals surface area contributed by atoms with Crippen molar-refractivity contribution in [3.8, 4) is 11.8 Å². The molecule has 1 aliphatic rings. The lowest BCUT2D eigenvalue weighted by Crippen LogP contribution is -2.46. The first-order chi connectivity index (χ1) is 12.7. The van der Waals surface area contributed by atoms with Crippen molar-refractivity contribution in [2.24, 2.45) is 5.92 Å². The molecule has 0 atom stereocenters. The van der Waals surface area contributed by atoms with Crippen molar-refractivity contribution in [1.82, 2.24) is 4.98 Å². The number of halogens is 4. The number of nitrogens with one attached hydrogen (secondary N) is 1. The van der Waals surface area contributed by atoms with Gasteiger partial charge in [0.1, 0.15) is 11.6 Å². The van der Waals surface area contributed by atoms with Gasteiger partial charge < -0.3 is 15.0 Å². The van der Waals surface area contributed by atoms with Gasteiger partial charge in [0.05, 0.1) is 22.0 Å². The monoisotopic (exact) mass is 456 g/mol. The molecule has 1 aromatic heterocycles. The summed E-state index contributed by atoms with van der Waals surface area (Å²) >= 11 is 8.08. The zero-order valence-electron chi connectivity index (χ0n) is 13.6. The molecular formula is C17H12BrClF2N4O2. The average molecular weight is 458 g/mol. The minimum Gasteiger partial charge on any atom is -0.420 e. The highest BCUT2D eigenvalue weighted by atomic mass is 79.9. The summed E-state index contributed by atoms with van der Waals surface area (Å²) in [6.07, 6.45) is 1.43. The molecule has 27 heavy (non-hydrogen) atoms. The molecule has 2 aromatic rings. The van der Waals surface area contributed by atoms with Gasteiger partial charge in [-0.15, -0.1) is 8.78 Å². The Morgan fingerprint density at radius 2 is 2.07 bits per heavy atom. The Balaban J connectivity index is 1.64. The molecule has 1 N–H and O–H groups in total. The molecule has 6 nitrogen and oxygen atoms in total. The Morgan fingerprint density at radius 1 is 1.41 bits per heavy atom. The highest BCUT2D eigenvalue weighted by Gasteiger charge is 2.29. The summed E-state index contributed by atoms with van der Waals surface area (Å²) in [6, 6.07) is 9.16. The summed E-state index contributed by atoms with van der Waals surface area (Å²) in [5.41, 5.74) is -3.09. The van der Waals surface area contributed by atoms with Crippen LogP contribution in [0.25, 0.3) is 0 Å². The quantitative estimate of drug-likeness (QED) is 0.680. The van der Waals surface area contributed by atoms with Crippen LogP contribution in [-0.4, -0.2) is 29.5 Å². The van der Waals surface area contributed by atoms with Crippen LogP contribution in [0.2, 0.25) is 0 Å². The van der Waals surface area contributed by atoms with Gasteiger partial charge in [0, 0.05) is 36.6 Å². The zero-order valence-corrected chi connectivity index (χ0v) is 16.0. The molecule has 1 amide bonds. The van der Waals surface area contributed by atoms with Gasteiger partial charge in [-0.2, -0.15) is 5.26 Å². The number of carbonyl (C=O) groups excluding carboxylic acids is 1. The van der Waals surface area contributed by atoms with Gasteiger partial charge in [-0.1, -0.05) is 0 Å². The molecule has 0 spiro atoms. The van der Waals surface area contributed by atoms with Crippen molar-refractivity contribution in [3.05, 3.63) is 46.6 Å². The van der Waals surface area contributed by atoms with Crippen LogP contribution in [0.4, 0.5) is 20.3 Å². The van der Waals surface area contributed by atoms with Crippen molar-refractivity contribution >= 4 is 44.9 Å². The van der Waals surface area contributed by atoms with E-state index in [1.165, 1.54) is 30.5 Å². The second kappa shape index (κ2) is 7.66. The Labute approximate surface area is 166 Å². The molecule has 140 valence electrons. The number of hydrogen-bond acceptors (Lipinski definition) is 5. The molecule has 3 rings (SSSR count). The molecule has 10 heteroatoms. The molecule has 2 heterocycles. The molecule has 0 radical (unpaired) electrons. The maximum Gasteiger partial charge on any atom is 0.487 e.